The fourth-order valence-corrected chi connectivity index (χ4v) is 4.08. The van der Waals surface area contributed by atoms with Gasteiger partial charge >= 0.3 is 0 Å². The molecule has 0 atom stereocenters. The lowest BCUT2D eigenvalue weighted by Crippen LogP contribution is -2.16. The van der Waals surface area contributed by atoms with E-state index in [0.29, 0.717) is 16.2 Å². The molecule has 0 saturated carbocycles. The van der Waals surface area contributed by atoms with Crippen LogP contribution >= 0.6 is 22.7 Å². The Hall–Kier alpha value is -2.05. The number of amides is 1. The Kier molecular flexibility index (Phi) is 4.54. The van der Waals surface area contributed by atoms with Gasteiger partial charge < -0.3 is 4.57 Å². The lowest BCUT2D eigenvalue weighted by atomic mass is 10.1. The number of aryl methyl sites for hydroxylation is 1. The summed E-state index contributed by atoms with van der Waals surface area (Å²) < 4.78 is 15.2. The summed E-state index contributed by atoms with van der Waals surface area (Å²) in [5, 5.41) is 1.86. The highest BCUT2D eigenvalue weighted by molar-refractivity contribution is 7.12. The van der Waals surface area contributed by atoms with Crippen LogP contribution in [0.5, 0.6) is 0 Å². The molecule has 0 bridgehead atoms. The van der Waals surface area contributed by atoms with Crippen LogP contribution in [0, 0.1) is 12.7 Å². The van der Waals surface area contributed by atoms with Crippen LogP contribution in [0.25, 0.3) is 11.3 Å². The van der Waals surface area contributed by atoms with Crippen LogP contribution in [0.4, 0.5) is 4.39 Å². The third-order valence-electron chi connectivity index (χ3n) is 3.44. The summed E-state index contributed by atoms with van der Waals surface area (Å²) in [6.45, 7) is 4.69. The Labute approximate surface area is 141 Å². The van der Waals surface area contributed by atoms with Crippen LogP contribution in [0.1, 0.15) is 21.5 Å². The zero-order valence-electron chi connectivity index (χ0n) is 12.7. The molecule has 3 aromatic rings. The molecule has 3 rings (SSSR count). The quantitative estimate of drug-likeness (QED) is 0.688. The molecule has 0 aliphatic carbocycles. The first kappa shape index (κ1) is 15.8. The number of thiophene rings is 1. The number of rotatable bonds is 3. The highest BCUT2D eigenvalue weighted by Gasteiger charge is 2.13. The standard InChI is InChI=1S/C17H15FN2OS2/c1-3-20-15(12-6-8-13(18)9-7-12)11(2)23-17(20)19-16(21)14-5-4-10-22-14/h4-10H,3H2,1-2H3. The number of thiazole rings is 1. The van der Waals surface area contributed by atoms with Gasteiger partial charge in [-0.25, -0.2) is 4.39 Å². The van der Waals surface area contributed by atoms with Crippen molar-refractivity contribution < 1.29 is 9.18 Å². The first-order chi connectivity index (χ1) is 11.1. The number of aromatic nitrogens is 1. The second kappa shape index (κ2) is 6.60. The molecule has 0 unspecified atom stereocenters. The van der Waals surface area contributed by atoms with E-state index in [1.807, 2.05) is 29.9 Å². The number of nitrogens with zero attached hydrogens (tertiary/aromatic N) is 2. The van der Waals surface area contributed by atoms with Crippen molar-refractivity contribution in [3.8, 4) is 11.3 Å². The molecule has 1 amide bonds. The second-order valence-corrected chi connectivity index (χ2v) is 7.06. The van der Waals surface area contributed by atoms with E-state index in [1.165, 1.54) is 34.8 Å². The van der Waals surface area contributed by atoms with Gasteiger partial charge in [0.15, 0.2) is 4.80 Å². The van der Waals surface area contributed by atoms with Gasteiger partial charge in [-0.05, 0) is 55.1 Å². The topological polar surface area (TPSA) is 34.4 Å². The average Bonchev–Trinajstić information content (AvgIpc) is 3.16. The molecule has 0 aliphatic rings. The molecule has 0 aliphatic heterocycles. The number of carbonyl (C=O) groups excluding carboxylic acids is 1. The predicted molar refractivity (Wildman–Crippen MR) is 92.3 cm³/mol. The fraction of sp³-hybridized carbons (Fsp3) is 0.176. The van der Waals surface area contributed by atoms with E-state index in [-0.39, 0.29) is 11.7 Å². The van der Waals surface area contributed by atoms with Gasteiger partial charge in [0.1, 0.15) is 5.82 Å². The van der Waals surface area contributed by atoms with Crippen molar-refractivity contribution in [3.05, 3.63) is 62.2 Å². The molecule has 6 heteroatoms. The van der Waals surface area contributed by atoms with Crippen molar-refractivity contribution >= 4 is 28.6 Å². The zero-order valence-corrected chi connectivity index (χ0v) is 14.4. The normalized spacial score (nSPS) is 11.9. The molecule has 3 nitrogen and oxygen atoms in total. The minimum Gasteiger partial charge on any atom is -0.316 e. The Balaban J connectivity index is 2.12. The number of carbonyl (C=O) groups is 1. The molecule has 0 fully saturated rings. The smallest absolute Gasteiger partial charge is 0.289 e. The number of hydrogen-bond donors (Lipinski definition) is 0. The summed E-state index contributed by atoms with van der Waals surface area (Å²) in [5.74, 6) is -0.489. The van der Waals surface area contributed by atoms with Crippen LogP contribution in [0.3, 0.4) is 0 Å². The number of hydrogen-bond acceptors (Lipinski definition) is 3. The monoisotopic (exact) mass is 346 g/mol. The highest BCUT2D eigenvalue weighted by atomic mass is 32.1. The number of benzene rings is 1. The van der Waals surface area contributed by atoms with Crippen molar-refractivity contribution in [3.63, 3.8) is 0 Å². The summed E-state index contributed by atoms with van der Waals surface area (Å²) in [6, 6.07) is 10.0. The summed E-state index contributed by atoms with van der Waals surface area (Å²) in [4.78, 5) is 18.9. The third-order valence-corrected chi connectivity index (χ3v) is 5.29. The third kappa shape index (κ3) is 3.18. The van der Waals surface area contributed by atoms with Gasteiger partial charge in [0.25, 0.3) is 5.91 Å². The van der Waals surface area contributed by atoms with Gasteiger partial charge in [-0.3, -0.25) is 4.79 Å². The van der Waals surface area contributed by atoms with Gasteiger partial charge in [0, 0.05) is 11.4 Å². The molecule has 118 valence electrons. The van der Waals surface area contributed by atoms with Gasteiger partial charge in [-0.15, -0.1) is 22.7 Å². The van der Waals surface area contributed by atoms with Crippen molar-refractivity contribution in [1.29, 1.82) is 0 Å². The van der Waals surface area contributed by atoms with Gasteiger partial charge in [0.05, 0.1) is 10.6 Å². The lowest BCUT2D eigenvalue weighted by Gasteiger charge is -2.07. The molecule has 1 aromatic carbocycles. The first-order valence-electron chi connectivity index (χ1n) is 7.19. The van der Waals surface area contributed by atoms with Crippen LogP contribution in [-0.4, -0.2) is 10.5 Å². The van der Waals surface area contributed by atoms with Crippen LogP contribution in [0.2, 0.25) is 0 Å². The van der Waals surface area contributed by atoms with E-state index < -0.39 is 0 Å². The van der Waals surface area contributed by atoms with Gasteiger partial charge in [-0.2, -0.15) is 4.99 Å². The van der Waals surface area contributed by atoms with E-state index in [1.54, 1.807) is 18.2 Å². The number of halogens is 1. The molecular weight excluding hydrogens is 331 g/mol. The minimum absolute atomic E-state index is 0.228. The van der Waals surface area contributed by atoms with Crippen molar-refractivity contribution in [2.45, 2.75) is 20.4 Å². The molecule has 0 saturated heterocycles. The molecule has 0 spiro atoms. The lowest BCUT2D eigenvalue weighted by molar-refractivity contribution is 0.100. The second-order valence-electron chi connectivity index (χ2n) is 4.93. The fourth-order valence-electron chi connectivity index (χ4n) is 2.41. The molecule has 2 aromatic heterocycles. The average molecular weight is 346 g/mol. The summed E-state index contributed by atoms with van der Waals surface area (Å²) in [6.07, 6.45) is 0. The minimum atomic E-state index is -0.262. The SMILES string of the molecule is CCn1c(-c2ccc(F)cc2)c(C)sc1=NC(=O)c1cccs1. The van der Waals surface area contributed by atoms with Crippen molar-refractivity contribution in [1.82, 2.24) is 4.57 Å². The zero-order chi connectivity index (χ0) is 16.4. The Morgan fingerprint density at radius 3 is 2.61 bits per heavy atom. The first-order valence-corrected chi connectivity index (χ1v) is 8.88. The maximum atomic E-state index is 13.2. The summed E-state index contributed by atoms with van der Waals surface area (Å²) >= 11 is 2.86. The van der Waals surface area contributed by atoms with E-state index in [0.717, 1.165) is 16.1 Å². The van der Waals surface area contributed by atoms with Crippen LogP contribution in [-0.2, 0) is 6.54 Å². The molecular formula is C17H15FN2OS2. The van der Waals surface area contributed by atoms with Gasteiger partial charge in [-0.1, -0.05) is 6.07 Å². The Bertz CT molecular complexity index is 890. The molecule has 0 radical (unpaired) electrons. The summed E-state index contributed by atoms with van der Waals surface area (Å²) in [7, 11) is 0. The van der Waals surface area contributed by atoms with E-state index in [2.05, 4.69) is 4.99 Å². The van der Waals surface area contributed by atoms with E-state index in [9.17, 15) is 9.18 Å². The molecule has 0 N–H and O–H groups in total. The maximum Gasteiger partial charge on any atom is 0.289 e. The predicted octanol–water partition coefficient (Wildman–Crippen LogP) is 4.49. The van der Waals surface area contributed by atoms with E-state index >= 15 is 0 Å². The molecule has 23 heavy (non-hydrogen) atoms. The molecule has 2 heterocycles. The Morgan fingerprint density at radius 2 is 2.00 bits per heavy atom. The highest BCUT2D eigenvalue weighted by Crippen LogP contribution is 2.25. The van der Waals surface area contributed by atoms with Crippen LogP contribution in [0.15, 0.2) is 46.8 Å². The van der Waals surface area contributed by atoms with Crippen molar-refractivity contribution in [2.75, 3.05) is 0 Å². The maximum absolute atomic E-state index is 13.2. The van der Waals surface area contributed by atoms with Gasteiger partial charge in [0.2, 0.25) is 0 Å². The Morgan fingerprint density at radius 1 is 1.26 bits per heavy atom. The summed E-state index contributed by atoms with van der Waals surface area (Å²) in [5.41, 5.74) is 1.90. The largest absolute Gasteiger partial charge is 0.316 e. The van der Waals surface area contributed by atoms with Crippen molar-refractivity contribution in [2.24, 2.45) is 4.99 Å². The van der Waals surface area contributed by atoms with Crippen LogP contribution < -0.4 is 4.80 Å². The van der Waals surface area contributed by atoms with E-state index in [4.69, 9.17) is 0 Å².